The van der Waals surface area contributed by atoms with Gasteiger partial charge >= 0.3 is 5.97 Å². The van der Waals surface area contributed by atoms with Crippen molar-refractivity contribution in [3.8, 4) is 6.07 Å². The van der Waals surface area contributed by atoms with Crippen molar-refractivity contribution in [3.05, 3.63) is 0 Å². The van der Waals surface area contributed by atoms with Gasteiger partial charge in [-0.3, -0.25) is 4.79 Å². The molecule has 144 valence electrons. The molecule has 0 amide bonds. The summed E-state index contributed by atoms with van der Waals surface area (Å²) in [5.74, 6) is 0.119. The first-order valence-corrected chi connectivity index (χ1v) is 11.6. The molecule has 0 aromatic carbocycles. The number of thioether (sulfide) groups is 2. The van der Waals surface area contributed by atoms with E-state index in [1.54, 1.807) is 18.7 Å². The van der Waals surface area contributed by atoms with Gasteiger partial charge < -0.3 is 5.11 Å². The summed E-state index contributed by atoms with van der Waals surface area (Å²) in [6.07, 6.45) is 13.5. The molecule has 0 saturated carbocycles. The SMILES string of the molecule is CCCCCCCCCCCCSC(=S)S[C@@](C)(C#N)CCC(=O)O. The monoisotopic (exact) mass is 403 g/mol. The van der Waals surface area contributed by atoms with Crippen molar-refractivity contribution < 1.29 is 9.90 Å². The molecule has 1 N–H and O–H groups in total. The van der Waals surface area contributed by atoms with E-state index >= 15 is 0 Å². The second-order valence-electron chi connectivity index (χ2n) is 6.62. The second kappa shape index (κ2) is 16.0. The smallest absolute Gasteiger partial charge is 0.303 e. The normalized spacial score (nSPS) is 13.2. The van der Waals surface area contributed by atoms with Gasteiger partial charge in [-0.25, -0.2) is 0 Å². The third-order valence-corrected chi connectivity index (χ3v) is 6.93. The molecule has 0 aliphatic heterocycles. The number of rotatable bonds is 15. The molecule has 0 saturated heterocycles. The maximum Gasteiger partial charge on any atom is 0.303 e. The van der Waals surface area contributed by atoms with E-state index in [1.165, 1.54) is 69.5 Å². The van der Waals surface area contributed by atoms with E-state index in [2.05, 4.69) is 13.0 Å². The highest BCUT2D eigenvalue weighted by atomic mass is 32.2. The summed E-state index contributed by atoms with van der Waals surface area (Å²) in [7, 11) is 0. The van der Waals surface area contributed by atoms with Crippen molar-refractivity contribution in [2.24, 2.45) is 0 Å². The molecule has 0 spiro atoms. The van der Waals surface area contributed by atoms with Crippen LogP contribution >= 0.6 is 35.7 Å². The van der Waals surface area contributed by atoms with Crippen LogP contribution in [0.1, 0.15) is 90.9 Å². The number of carbonyl (C=O) groups is 1. The number of unbranched alkanes of at least 4 members (excludes halogenated alkanes) is 9. The summed E-state index contributed by atoms with van der Waals surface area (Å²) in [5.41, 5.74) is 0. The van der Waals surface area contributed by atoms with Crippen molar-refractivity contribution in [1.82, 2.24) is 0 Å². The Hall–Kier alpha value is -0.250. The molecule has 0 aliphatic rings. The molecule has 6 heteroatoms. The molecule has 0 aromatic rings. The van der Waals surface area contributed by atoms with Crippen LogP contribution < -0.4 is 0 Å². The summed E-state index contributed by atoms with van der Waals surface area (Å²) < 4.78 is 0.0191. The van der Waals surface area contributed by atoms with Gasteiger partial charge in [0.05, 0.1) is 6.07 Å². The Morgan fingerprint density at radius 1 is 1.08 bits per heavy atom. The van der Waals surface area contributed by atoms with Crippen molar-refractivity contribution in [1.29, 1.82) is 5.26 Å². The minimum atomic E-state index is -0.869. The molecule has 0 aromatic heterocycles. The van der Waals surface area contributed by atoms with E-state index in [1.807, 2.05) is 0 Å². The van der Waals surface area contributed by atoms with Gasteiger partial charge in [-0.2, -0.15) is 5.26 Å². The lowest BCUT2D eigenvalue weighted by molar-refractivity contribution is -0.137. The van der Waals surface area contributed by atoms with E-state index in [9.17, 15) is 10.1 Å². The fourth-order valence-corrected chi connectivity index (χ4v) is 5.41. The van der Waals surface area contributed by atoms with E-state index < -0.39 is 10.7 Å². The highest BCUT2D eigenvalue weighted by Gasteiger charge is 2.27. The van der Waals surface area contributed by atoms with Crippen LogP contribution in [0.4, 0.5) is 0 Å². The van der Waals surface area contributed by atoms with E-state index in [4.69, 9.17) is 17.3 Å². The lowest BCUT2D eigenvalue weighted by Crippen LogP contribution is -2.20. The molecule has 0 fully saturated rings. The molecule has 0 radical (unpaired) electrons. The van der Waals surface area contributed by atoms with Gasteiger partial charge in [0, 0.05) is 6.42 Å². The van der Waals surface area contributed by atoms with Crippen LogP contribution in [-0.4, -0.2) is 25.1 Å². The van der Waals surface area contributed by atoms with Gasteiger partial charge in [-0.15, -0.1) is 11.8 Å². The van der Waals surface area contributed by atoms with E-state index in [-0.39, 0.29) is 6.42 Å². The minimum Gasteiger partial charge on any atom is -0.481 e. The topological polar surface area (TPSA) is 61.1 Å². The van der Waals surface area contributed by atoms with Crippen LogP contribution in [0.2, 0.25) is 0 Å². The van der Waals surface area contributed by atoms with Gasteiger partial charge in [0.1, 0.15) is 8.28 Å². The average Bonchev–Trinajstić information content (AvgIpc) is 2.58. The lowest BCUT2D eigenvalue weighted by Gasteiger charge is -2.19. The molecular formula is C19H33NO2S3. The molecule has 1 atom stereocenters. The molecule has 0 aliphatic carbocycles. The highest BCUT2D eigenvalue weighted by molar-refractivity contribution is 8.47. The number of aliphatic carboxylic acids is 1. The lowest BCUT2D eigenvalue weighted by atomic mass is 10.1. The first-order chi connectivity index (χ1) is 11.9. The number of nitrogens with zero attached hydrogens (tertiary/aromatic N) is 1. The molecule has 0 heterocycles. The van der Waals surface area contributed by atoms with Crippen LogP contribution in [0.3, 0.4) is 0 Å². The van der Waals surface area contributed by atoms with Crippen LogP contribution in [0.15, 0.2) is 0 Å². The fourth-order valence-electron chi connectivity index (χ4n) is 2.43. The predicted molar refractivity (Wildman–Crippen MR) is 115 cm³/mol. The minimum absolute atomic E-state index is 0.00276. The van der Waals surface area contributed by atoms with Gasteiger partial charge in [-0.05, 0) is 25.5 Å². The number of hydrogen-bond donors (Lipinski definition) is 1. The first kappa shape index (κ1) is 24.8. The molecule has 3 nitrogen and oxygen atoms in total. The molecule has 0 rings (SSSR count). The van der Waals surface area contributed by atoms with Gasteiger partial charge in [0.15, 0.2) is 0 Å². The van der Waals surface area contributed by atoms with E-state index in [0.29, 0.717) is 6.42 Å². The van der Waals surface area contributed by atoms with Gasteiger partial charge in [0.25, 0.3) is 0 Å². The second-order valence-corrected chi connectivity index (χ2v) is 10.4. The number of hydrogen-bond acceptors (Lipinski definition) is 5. The van der Waals surface area contributed by atoms with Crippen molar-refractivity contribution in [2.45, 2.75) is 95.6 Å². The Morgan fingerprint density at radius 2 is 1.60 bits per heavy atom. The summed E-state index contributed by atoms with van der Waals surface area (Å²) in [4.78, 5) is 10.7. The van der Waals surface area contributed by atoms with Crippen molar-refractivity contribution in [2.75, 3.05) is 5.75 Å². The van der Waals surface area contributed by atoms with Crippen molar-refractivity contribution >= 4 is 45.2 Å². The maximum absolute atomic E-state index is 10.7. The third kappa shape index (κ3) is 15.7. The Balaban J connectivity index is 3.63. The van der Waals surface area contributed by atoms with Gasteiger partial charge in [0.2, 0.25) is 0 Å². The number of nitriles is 1. The van der Waals surface area contributed by atoms with E-state index in [0.717, 1.165) is 15.7 Å². The van der Waals surface area contributed by atoms with Crippen molar-refractivity contribution in [3.63, 3.8) is 0 Å². The van der Waals surface area contributed by atoms with Gasteiger partial charge in [-0.1, -0.05) is 88.7 Å². The van der Waals surface area contributed by atoms with Crippen LogP contribution in [0, 0.1) is 11.3 Å². The number of thiocarbonyl (C=S) groups is 1. The Morgan fingerprint density at radius 3 is 2.08 bits per heavy atom. The highest BCUT2D eigenvalue weighted by Crippen LogP contribution is 2.34. The Kier molecular flexibility index (Phi) is 15.8. The van der Waals surface area contributed by atoms with Crippen LogP contribution in [0.25, 0.3) is 0 Å². The quantitative estimate of drug-likeness (QED) is 0.239. The maximum atomic E-state index is 10.7. The average molecular weight is 404 g/mol. The van der Waals surface area contributed by atoms with Crippen LogP contribution in [0.5, 0.6) is 0 Å². The zero-order valence-electron chi connectivity index (χ0n) is 15.7. The first-order valence-electron chi connectivity index (χ1n) is 9.42. The summed E-state index contributed by atoms with van der Waals surface area (Å²) in [6.45, 7) is 4.02. The third-order valence-electron chi connectivity index (χ3n) is 4.08. The zero-order valence-corrected chi connectivity index (χ0v) is 18.2. The fraction of sp³-hybridized carbons (Fsp3) is 0.842. The Bertz CT molecular complexity index is 423. The molecule has 0 bridgehead atoms. The summed E-state index contributed by atoms with van der Waals surface area (Å²) in [5, 5.41) is 18.0. The number of carboxylic acid groups (broad SMARTS) is 1. The Labute approximate surface area is 167 Å². The molecule has 25 heavy (non-hydrogen) atoms. The molecule has 0 unspecified atom stereocenters. The summed E-state index contributed by atoms with van der Waals surface area (Å²) in [6, 6.07) is 2.21. The van der Waals surface area contributed by atoms with Crippen LogP contribution in [-0.2, 0) is 4.79 Å². The molecular weight excluding hydrogens is 370 g/mol. The summed E-state index contributed by atoms with van der Waals surface area (Å²) >= 11 is 8.31. The standard InChI is InChI=1S/C19H33NO2S3/c1-3-4-5-6-7-8-9-10-11-12-15-24-18(23)25-19(2,16-20)14-13-17(21)22/h3-15H2,1-2H3,(H,21,22)/t19-/m1/s1. The number of carboxylic acids is 1. The largest absolute Gasteiger partial charge is 0.481 e. The predicted octanol–water partition coefficient (Wildman–Crippen LogP) is 6.81. The zero-order chi connectivity index (χ0) is 19.0.